The van der Waals surface area contributed by atoms with Crippen molar-refractivity contribution in [2.75, 3.05) is 13.1 Å². The van der Waals surface area contributed by atoms with Gasteiger partial charge < -0.3 is 5.11 Å². The summed E-state index contributed by atoms with van der Waals surface area (Å²) < 4.78 is 0. The molecule has 0 saturated carbocycles. The van der Waals surface area contributed by atoms with Gasteiger partial charge in [-0.25, -0.2) is 0 Å². The van der Waals surface area contributed by atoms with Gasteiger partial charge in [0.2, 0.25) is 0 Å². The van der Waals surface area contributed by atoms with Crippen molar-refractivity contribution in [1.82, 2.24) is 9.88 Å². The number of pyridine rings is 1. The maximum Gasteiger partial charge on any atom is 0.0747 e. The number of hydrogen-bond acceptors (Lipinski definition) is 3. The van der Waals surface area contributed by atoms with Crippen LogP contribution < -0.4 is 0 Å². The summed E-state index contributed by atoms with van der Waals surface area (Å²) >= 11 is 6.20. The van der Waals surface area contributed by atoms with Gasteiger partial charge >= 0.3 is 0 Å². The third-order valence-electron chi connectivity index (χ3n) is 4.13. The van der Waals surface area contributed by atoms with Crippen LogP contribution in [0.2, 0.25) is 5.02 Å². The number of halogens is 1. The van der Waals surface area contributed by atoms with E-state index in [1.54, 1.807) is 0 Å². The van der Waals surface area contributed by atoms with E-state index in [4.69, 9.17) is 11.6 Å². The highest BCUT2D eigenvalue weighted by Crippen LogP contribution is 2.26. The molecular formula is C16H19ClN2O. The van der Waals surface area contributed by atoms with Crippen molar-refractivity contribution in [2.24, 2.45) is 5.92 Å². The monoisotopic (exact) mass is 290 g/mol. The van der Waals surface area contributed by atoms with Crippen LogP contribution in [0.3, 0.4) is 0 Å². The average molecular weight is 291 g/mol. The van der Waals surface area contributed by atoms with E-state index in [2.05, 4.69) is 9.88 Å². The molecule has 2 heterocycles. The van der Waals surface area contributed by atoms with Crippen LogP contribution in [0.5, 0.6) is 0 Å². The number of nitrogens with zero attached hydrogens (tertiary/aromatic N) is 2. The fourth-order valence-electron chi connectivity index (χ4n) is 2.99. The number of aliphatic hydroxyl groups is 1. The van der Waals surface area contributed by atoms with Crippen LogP contribution in [0, 0.1) is 5.92 Å². The first-order valence-electron chi connectivity index (χ1n) is 7.07. The number of rotatable bonds is 3. The number of likely N-dealkylation sites (tertiary alicyclic amines) is 1. The van der Waals surface area contributed by atoms with Crippen molar-refractivity contribution in [3.8, 4) is 0 Å². The van der Waals surface area contributed by atoms with E-state index in [-0.39, 0.29) is 6.10 Å². The highest BCUT2D eigenvalue weighted by Gasteiger charge is 2.26. The Morgan fingerprint density at radius 2 is 2.35 bits per heavy atom. The molecule has 0 bridgehead atoms. The molecule has 0 radical (unpaired) electrons. The van der Waals surface area contributed by atoms with E-state index in [9.17, 15) is 5.11 Å². The van der Waals surface area contributed by atoms with Gasteiger partial charge in [0.15, 0.2) is 0 Å². The summed E-state index contributed by atoms with van der Waals surface area (Å²) in [6.45, 7) is 4.69. The molecule has 0 amide bonds. The quantitative estimate of drug-likeness (QED) is 0.944. The van der Waals surface area contributed by atoms with Crippen molar-refractivity contribution in [1.29, 1.82) is 0 Å². The lowest BCUT2D eigenvalue weighted by Crippen LogP contribution is -2.24. The first kappa shape index (κ1) is 13.8. The summed E-state index contributed by atoms with van der Waals surface area (Å²) in [5, 5.41) is 11.5. The van der Waals surface area contributed by atoms with Gasteiger partial charge in [0, 0.05) is 29.7 Å². The molecule has 1 aliphatic heterocycles. The highest BCUT2D eigenvalue weighted by molar-refractivity contribution is 6.31. The summed E-state index contributed by atoms with van der Waals surface area (Å²) in [6.07, 6.45) is 2.65. The third kappa shape index (κ3) is 2.80. The lowest BCUT2D eigenvalue weighted by Gasteiger charge is -2.18. The van der Waals surface area contributed by atoms with Gasteiger partial charge in [0.05, 0.1) is 11.6 Å². The Labute approximate surface area is 124 Å². The smallest absolute Gasteiger partial charge is 0.0747 e. The van der Waals surface area contributed by atoms with Gasteiger partial charge in [0.25, 0.3) is 0 Å². The van der Waals surface area contributed by atoms with Gasteiger partial charge in [0.1, 0.15) is 0 Å². The molecule has 1 N–H and O–H groups in total. The van der Waals surface area contributed by atoms with Crippen molar-refractivity contribution in [3.63, 3.8) is 0 Å². The summed E-state index contributed by atoms with van der Waals surface area (Å²) in [7, 11) is 0. The van der Waals surface area contributed by atoms with Gasteiger partial charge in [-0.2, -0.15) is 0 Å². The number of fused-ring (bicyclic) bond motifs is 1. The Kier molecular flexibility index (Phi) is 3.92. The lowest BCUT2D eigenvalue weighted by atomic mass is 10.0. The summed E-state index contributed by atoms with van der Waals surface area (Å²) in [4.78, 5) is 6.86. The molecule has 1 aromatic heterocycles. The fourth-order valence-corrected chi connectivity index (χ4v) is 3.24. The zero-order chi connectivity index (χ0) is 14.1. The predicted octanol–water partition coefficient (Wildman–Crippen LogP) is 3.09. The molecule has 0 spiro atoms. The first-order valence-corrected chi connectivity index (χ1v) is 7.45. The molecule has 106 valence electrons. The SMILES string of the molecule is CC(O)C1CCN(Cc2cc(Cl)cc3cccnc23)C1. The van der Waals surface area contributed by atoms with E-state index in [0.29, 0.717) is 5.92 Å². The minimum absolute atomic E-state index is 0.228. The van der Waals surface area contributed by atoms with E-state index in [0.717, 1.165) is 42.0 Å². The molecule has 2 atom stereocenters. The van der Waals surface area contributed by atoms with Crippen LogP contribution in [0.25, 0.3) is 10.9 Å². The number of aliphatic hydroxyl groups excluding tert-OH is 1. The molecule has 1 fully saturated rings. The fraction of sp³-hybridized carbons (Fsp3) is 0.438. The van der Waals surface area contributed by atoms with Gasteiger partial charge in [-0.05, 0) is 49.6 Å². The second-order valence-electron chi connectivity index (χ2n) is 5.66. The van der Waals surface area contributed by atoms with Crippen molar-refractivity contribution in [2.45, 2.75) is 26.0 Å². The molecule has 3 nitrogen and oxygen atoms in total. The molecule has 3 rings (SSSR count). The molecule has 2 aromatic rings. The molecule has 2 unspecified atom stereocenters. The van der Waals surface area contributed by atoms with Crippen molar-refractivity contribution in [3.05, 3.63) is 41.0 Å². The van der Waals surface area contributed by atoms with Crippen LogP contribution in [-0.4, -0.2) is 34.2 Å². The Morgan fingerprint density at radius 3 is 3.10 bits per heavy atom. The van der Waals surface area contributed by atoms with E-state index in [1.165, 1.54) is 5.56 Å². The Hall–Kier alpha value is -1.16. The Balaban J connectivity index is 1.84. The second-order valence-corrected chi connectivity index (χ2v) is 6.10. The molecule has 4 heteroatoms. The number of aromatic nitrogens is 1. The standard InChI is InChI=1S/C16H19ClN2O/c1-11(20)13-4-6-19(9-13)10-14-8-15(17)7-12-3-2-5-18-16(12)14/h2-3,5,7-8,11,13,20H,4,6,9-10H2,1H3. The zero-order valence-corrected chi connectivity index (χ0v) is 12.3. The highest BCUT2D eigenvalue weighted by atomic mass is 35.5. The normalized spacial score (nSPS) is 21.4. The van der Waals surface area contributed by atoms with Crippen molar-refractivity contribution >= 4 is 22.5 Å². The minimum Gasteiger partial charge on any atom is -0.393 e. The second kappa shape index (κ2) is 5.68. The molecule has 20 heavy (non-hydrogen) atoms. The van der Waals surface area contributed by atoms with E-state index < -0.39 is 0 Å². The minimum atomic E-state index is -0.228. The topological polar surface area (TPSA) is 36.4 Å². The molecule has 0 aliphatic carbocycles. The van der Waals surface area contributed by atoms with Gasteiger partial charge in [-0.1, -0.05) is 17.7 Å². The van der Waals surface area contributed by atoms with Gasteiger partial charge in [-0.15, -0.1) is 0 Å². The molecule has 1 aliphatic rings. The predicted molar refractivity (Wildman–Crippen MR) is 81.8 cm³/mol. The molecular weight excluding hydrogens is 272 g/mol. The molecule has 1 aromatic carbocycles. The number of benzene rings is 1. The lowest BCUT2D eigenvalue weighted by molar-refractivity contribution is 0.127. The van der Waals surface area contributed by atoms with Crippen LogP contribution in [-0.2, 0) is 6.54 Å². The summed E-state index contributed by atoms with van der Waals surface area (Å²) in [5.41, 5.74) is 2.19. The maximum absolute atomic E-state index is 9.69. The first-order chi connectivity index (χ1) is 9.63. The van der Waals surface area contributed by atoms with Gasteiger partial charge in [-0.3, -0.25) is 9.88 Å². The van der Waals surface area contributed by atoms with Crippen molar-refractivity contribution < 1.29 is 5.11 Å². The van der Waals surface area contributed by atoms with Crippen LogP contribution >= 0.6 is 11.6 Å². The zero-order valence-electron chi connectivity index (χ0n) is 11.6. The van der Waals surface area contributed by atoms with Crippen LogP contribution in [0.15, 0.2) is 30.5 Å². The summed E-state index contributed by atoms with van der Waals surface area (Å²) in [5.74, 6) is 0.383. The third-order valence-corrected chi connectivity index (χ3v) is 4.35. The Bertz CT molecular complexity index is 614. The van der Waals surface area contributed by atoms with Crippen LogP contribution in [0.1, 0.15) is 18.9 Å². The Morgan fingerprint density at radius 1 is 1.50 bits per heavy atom. The molecule has 1 saturated heterocycles. The van der Waals surface area contributed by atoms with Crippen LogP contribution in [0.4, 0.5) is 0 Å². The van der Waals surface area contributed by atoms with E-state index >= 15 is 0 Å². The van der Waals surface area contributed by atoms with E-state index in [1.807, 2.05) is 37.4 Å². The average Bonchev–Trinajstić information content (AvgIpc) is 2.87. The maximum atomic E-state index is 9.69. The largest absolute Gasteiger partial charge is 0.393 e. The number of hydrogen-bond donors (Lipinski definition) is 1. The summed E-state index contributed by atoms with van der Waals surface area (Å²) in [6, 6.07) is 7.94.